The van der Waals surface area contributed by atoms with Crippen molar-refractivity contribution in [3.05, 3.63) is 46.8 Å². The molecular weight excluding hydrogens is 352 g/mol. The van der Waals surface area contributed by atoms with Crippen molar-refractivity contribution >= 4 is 27.5 Å². The number of fused-ring (bicyclic) bond motifs is 2. The number of nitrogens with zero attached hydrogens (tertiary/aromatic N) is 2. The first-order valence-electron chi connectivity index (χ1n) is 8.44. The number of hydrogen-bond acceptors (Lipinski definition) is 5. The number of aromatic nitrogens is 1. The van der Waals surface area contributed by atoms with Gasteiger partial charge in [0.15, 0.2) is 16.3 Å². The molecule has 0 N–H and O–H groups in total. The Morgan fingerprint density at radius 1 is 1.19 bits per heavy atom. The molecule has 0 atom stereocenters. The summed E-state index contributed by atoms with van der Waals surface area (Å²) in [6.45, 7) is 5.48. The number of hydrogen-bond donors (Lipinski definition) is 0. The van der Waals surface area contributed by atoms with Crippen LogP contribution in [0.2, 0.25) is 0 Å². The second-order valence-electron chi connectivity index (χ2n) is 5.68. The van der Waals surface area contributed by atoms with Gasteiger partial charge in [-0.2, -0.15) is 4.99 Å². The zero-order valence-electron chi connectivity index (χ0n) is 14.5. The average Bonchev–Trinajstić information content (AvgIpc) is 3.23. The quantitative estimate of drug-likeness (QED) is 0.704. The summed E-state index contributed by atoms with van der Waals surface area (Å²) in [4.78, 5) is 17.6. The normalized spacial score (nSPS) is 13.4. The van der Waals surface area contributed by atoms with Crippen LogP contribution in [-0.4, -0.2) is 23.9 Å². The van der Waals surface area contributed by atoms with E-state index in [1.165, 1.54) is 11.3 Å². The smallest absolute Gasteiger partial charge is 0.279 e. The summed E-state index contributed by atoms with van der Waals surface area (Å²) in [6.07, 6.45) is 0. The highest BCUT2D eigenvalue weighted by Crippen LogP contribution is 2.36. The molecule has 0 bridgehead atoms. The lowest BCUT2D eigenvalue weighted by molar-refractivity contribution is 0.0998. The van der Waals surface area contributed by atoms with Crippen LogP contribution < -0.4 is 19.0 Å². The van der Waals surface area contributed by atoms with Crippen molar-refractivity contribution in [2.75, 3.05) is 13.4 Å². The summed E-state index contributed by atoms with van der Waals surface area (Å²) in [5.74, 6) is 1.92. The van der Waals surface area contributed by atoms with E-state index in [0.717, 1.165) is 27.5 Å². The second-order valence-corrected chi connectivity index (χ2v) is 6.69. The van der Waals surface area contributed by atoms with E-state index in [1.807, 2.05) is 30.5 Å². The molecule has 2 aromatic carbocycles. The molecule has 1 amide bonds. The Hall–Kier alpha value is -2.80. The van der Waals surface area contributed by atoms with Crippen LogP contribution in [0.25, 0.3) is 10.2 Å². The van der Waals surface area contributed by atoms with Crippen molar-refractivity contribution in [2.45, 2.75) is 20.4 Å². The van der Waals surface area contributed by atoms with Gasteiger partial charge in [0.2, 0.25) is 6.79 Å². The predicted octanol–water partition coefficient (Wildman–Crippen LogP) is 3.59. The van der Waals surface area contributed by atoms with Crippen LogP contribution in [0.3, 0.4) is 0 Å². The molecule has 0 unspecified atom stereocenters. The van der Waals surface area contributed by atoms with Gasteiger partial charge in [-0.15, -0.1) is 0 Å². The maximum atomic E-state index is 12.6. The zero-order chi connectivity index (χ0) is 18.1. The van der Waals surface area contributed by atoms with Gasteiger partial charge in [-0.05, 0) is 38.1 Å². The molecule has 0 radical (unpaired) electrons. The van der Waals surface area contributed by atoms with Crippen molar-refractivity contribution in [1.82, 2.24) is 4.57 Å². The van der Waals surface area contributed by atoms with Crippen molar-refractivity contribution in [3.63, 3.8) is 0 Å². The molecular formula is C19H18N2O4S. The summed E-state index contributed by atoms with van der Waals surface area (Å²) in [7, 11) is 0. The summed E-state index contributed by atoms with van der Waals surface area (Å²) < 4.78 is 19.3. The van der Waals surface area contributed by atoms with E-state index in [4.69, 9.17) is 14.2 Å². The average molecular weight is 370 g/mol. The Balaban J connectivity index is 1.74. The molecule has 4 rings (SSSR count). The van der Waals surface area contributed by atoms with Crippen LogP contribution in [0.1, 0.15) is 24.2 Å². The molecule has 7 heteroatoms. The fourth-order valence-corrected chi connectivity index (χ4v) is 3.96. The van der Waals surface area contributed by atoms with Crippen LogP contribution in [0.15, 0.2) is 41.4 Å². The highest BCUT2D eigenvalue weighted by Gasteiger charge is 2.17. The lowest BCUT2D eigenvalue weighted by Gasteiger charge is -2.03. The SMILES string of the molecule is CCOc1ccc(C(=O)N=c2sc3cc4c(cc3n2CC)OCO4)cc1. The van der Waals surface area contributed by atoms with Crippen LogP contribution >= 0.6 is 11.3 Å². The standard InChI is InChI=1S/C19H18N2O4S/c1-3-21-14-9-15-16(25-11-24-15)10-17(14)26-19(21)20-18(22)12-5-7-13(8-6-12)23-4-2/h5-10H,3-4,11H2,1-2H3. The zero-order valence-corrected chi connectivity index (χ0v) is 15.3. The first kappa shape index (κ1) is 16.7. The van der Waals surface area contributed by atoms with E-state index in [9.17, 15) is 4.79 Å². The van der Waals surface area contributed by atoms with Crippen molar-refractivity contribution in [2.24, 2.45) is 4.99 Å². The van der Waals surface area contributed by atoms with Crippen molar-refractivity contribution in [3.8, 4) is 17.2 Å². The lowest BCUT2D eigenvalue weighted by atomic mass is 10.2. The Bertz CT molecular complexity index is 1030. The van der Waals surface area contributed by atoms with Gasteiger partial charge in [-0.3, -0.25) is 4.79 Å². The molecule has 1 aliphatic heterocycles. The number of carbonyl (C=O) groups is 1. The minimum atomic E-state index is -0.276. The molecule has 1 aliphatic rings. The minimum Gasteiger partial charge on any atom is -0.494 e. The molecule has 1 aromatic heterocycles. The minimum absolute atomic E-state index is 0.242. The molecule has 3 aromatic rings. The van der Waals surface area contributed by atoms with Crippen LogP contribution in [-0.2, 0) is 6.54 Å². The summed E-state index contributed by atoms with van der Waals surface area (Å²) >= 11 is 1.46. The summed E-state index contributed by atoms with van der Waals surface area (Å²) in [6, 6.07) is 10.9. The molecule has 0 spiro atoms. The summed E-state index contributed by atoms with van der Waals surface area (Å²) in [5, 5.41) is 0. The lowest BCUT2D eigenvalue weighted by Crippen LogP contribution is -2.15. The Morgan fingerprint density at radius 2 is 1.92 bits per heavy atom. The van der Waals surface area contributed by atoms with E-state index < -0.39 is 0 Å². The third-order valence-electron chi connectivity index (χ3n) is 4.10. The van der Waals surface area contributed by atoms with Gasteiger partial charge in [-0.25, -0.2) is 0 Å². The Kier molecular flexibility index (Phi) is 4.38. The van der Waals surface area contributed by atoms with E-state index >= 15 is 0 Å². The first-order valence-corrected chi connectivity index (χ1v) is 9.26. The van der Waals surface area contributed by atoms with E-state index in [0.29, 0.717) is 23.5 Å². The van der Waals surface area contributed by atoms with Gasteiger partial charge in [0.1, 0.15) is 5.75 Å². The van der Waals surface area contributed by atoms with Gasteiger partial charge >= 0.3 is 0 Å². The fraction of sp³-hybridized carbons (Fsp3) is 0.263. The number of thiazole rings is 1. The van der Waals surface area contributed by atoms with Crippen molar-refractivity contribution < 1.29 is 19.0 Å². The van der Waals surface area contributed by atoms with E-state index in [1.54, 1.807) is 24.3 Å². The molecule has 0 aliphatic carbocycles. The topological polar surface area (TPSA) is 62.0 Å². The first-order chi connectivity index (χ1) is 12.7. The Morgan fingerprint density at radius 3 is 2.62 bits per heavy atom. The molecule has 0 saturated heterocycles. The predicted molar refractivity (Wildman–Crippen MR) is 99.1 cm³/mol. The molecule has 26 heavy (non-hydrogen) atoms. The maximum Gasteiger partial charge on any atom is 0.279 e. The fourth-order valence-electron chi connectivity index (χ4n) is 2.86. The number of benzene rings is 2. The van der Waals surface area contributed by atoms with Crippen molar-refractivity contribution in [1.29, 1.82) is 0 Å². The van der Waals surface area contributed by atoms with Gasteiger partial charge in [0, 0.05) is 24.2 Å². The number of aryl methyl sites for hydroxylation is 1. The van der Waals surface area contributed by atoms with Gasteiger partial charge in [0.25, 0.3) is 5.91 Å². The molecule has 0 saturated carbocycles. The molecule has 134 valence electrons. The highest BCUT2D eigenvalue weighted by atomic mass is 32.1. The van der Waals surface area contributed by atoms with E-state index in [-0.39, 0.29) is 12.7 Å². The second kappa shape index (κ2) is 6.84. The summed E-state index contributed by atoms with van der Waals surface area (Å²) in [5.41, 5.74) is 1.52. The van der Waals surface area contributed by atoms with Gasteiger partial charge in [-0.1, -0.05) is 11.3 Å². The van der Waals surface area contributed by atoms with E-state index in [2.05, 4.69) is 4.99 Å². The number of ether oxygens (including phenoxy) is 3. The van der Waals surface area contributed by atoms with Crippen LogP contribution in [0, 0.1) is 0 Å². The molecule has 6 nitrogen and oxygen atoms in total. The molecule has 2 heterocycles. The number of rotatable bonds is 4. The monoisotopic (exact) mass is 370 g/mol. The largest absolute Gasteiger partial charge is 0.494 e. The van der Waals surface area contributed by atoms with Crippen LogP contribution in [0.5, 0.6) is 17.2 Å². The molecule has 0 fully saturated rings. The third kappa shape index (κ3) is 2.94. The third-order valence-corrected chi connectivity index (χ3v) is 5.14. The number of amides is 1. The Labute approximate surface area is 154 Å². The highest BCUT2D eigenvalue weighted by molar-refractivity contribution is 7.16. The van der Waals surface area contributed by atoms with Crippen LogP contribution in [0.4, 0.5) is 0 Å². The van der Waals surface area contributed by atoms with Gasteiger partial charge < -0.3 is 18.8 Å². The van der Waals surface area contributed by atoms with Gasteiger partial charge in [0.05, 0.1) is 16.8 Å². The maximum absolute atomic E-state index is 12.6. The number of carbonyl (C=O) groups excluding carboxylic acids is 1.